The molecule has 0 aliphatic carbocycles. The Labute approximate surface area is 144 Å². The van der Waals surface area contributed by atoms with Crippen LogP contribution in [0.2, 0.25) is 0 Å². The first-order valence-electron chi connectivity index (χ1n) is 7.84. The van der Waals surface area contributed by atoms with Gasteiger partial charge in [0, 0.05) is 10.6 Å². The van der Waals surface area contributed by atoms with Gasteiger partial charge in [-0.05, 0) is 44.0 Å². The number of anilines is 1. The normalized spacial score (nSPS) is 11.0. The van der Waals surface area contributed by atoms with E-state index in [-0.39, 0.29) is 18.0 Å². The van der Waals surface area contributed by atoms with E-state index in [0.29, 0.717) is 11.2 Å². The second kappa shape index (κ2) is 6.57. The van der Waals surface area contributed by atoms with Crippen LogP contribution in [-0.2, 0) is 17.8 Å². The zero-order valence-electron chi connectivity index (χ0n) is 13.9. The Kier molecular flexibility index (Phi) is 4.49. The Balaban J connectivity index is 1.89. The number of aryl methyl sites for hydroxylation is 3. The molecule has 124 valence electrons. The van der Waals surface area contributed by atoms with Crippen LogP contribution in [0.4, 0.5) is 5.69 Å². The Morgan fingerprint density at radius 3 is 2.79 bits per heavy atom. The summed E-state index contributed by atoms with van der Waals surface area (Å²) < 4.78 is 1.43. The van der Waals surface area contributed by atoms with Crippen molar-refractivity contribution < 1.29 is 4.79 Å². The van der Waals surface area contributed by atoms with Gasteiger partial charge in [-0.3, -0.25) is 14.2 Å². The number of amides is 1. The van der Waals surface area contributed by atoms with Crippen LogP contribution in [0.15, 0.2) is 35.1 Å². The number of carbonyl (C=O) groups is 1. The molecule has 0 radical (unpaired) electrons. The SMILES string of the molecule is CCc1cc2c(=O)n(CC(=O)Nc3cccc(C)c3)c(C)nc2s1. The summed E-state index contributed by atoms with van der Waals surface area (Å²) in [4.78, 5) is 31.3. The number of carbonyl (C=O) groups excluding carboxylic acids is 1. The van der Waals surface area contributed by atoms with Crippen LogP contribution in [0, 0.1) is 13.8 Å². The smallest absolute Gasteiger partial charge is 0.262 e. The number of nitrogens with one attached hydrogen (secondary N) is 1. The van der Waals surface area contributed by atoms with Gasteiger partial charge in [0.25, 0.3) is 5.56 Å². The van der Waals surface area contributed by atoms with Crippen LogP contribution in [-0.4, -0.2) is 15.5 Å². The van der Waals surface area contributed by atoms with Crippen molar-refractivity contribution in [2.45, 2.75) is 33.7 Å². The van der Waals surface area contributed by atoms with E-state index in [2.05, 4.69) is 10.3 Å². The highest BCUT2D eigenvalue weighted by Gasteiger charge is 2.14. The predicted molar refractivity (Wildman–Crippen MR) is 97.8 cm³/mol. The van der Waals surface area contributed by atoms with Crippen molar-refractivity contribution in [2.24, 2.45) is 0 Å². The molecule has 0 fully saturated rings. The first-order valence-corrected chi connectivity index (χ1v) is 8.66. The van der Waals surface area contributed by atoms with Gasteiger partial charge in [0.05, 0.1) is 5.39 Å². The number of hydrogen-bond donors (Lipinski definition) is 1. The first kappa shape index (κ1) is 16.4. The quantitative estimate of drug-likeness (QED) is 0.792. The molecule has 1 aromatic carbocycles. The van der Waals surface area contributed by atoms with Crippen molar-refractivity contribution in [1.82, 2.24) is 9.55 Å². The van der Waals surface area contributed by atoms with Crippen LogP contribution >= 0.6 is 11.3 Å². The number of hydrogen-bond acceptors (Lipinski definition) is 4. The monoisotopic (exact) mass is 341 g/mol. The molecule has 1 N–H and O–H groups in total. The van der Waals surface area contributed by atoms with Gasteiger partial charge >= 0.3 is 0 Å². The number of fused-ring (bicyclic) bond motifs is 1. The lowest BCUT2D eigenvalue weighted by Crippen LogP contribution is -2.29. The standard InChI is InChI=1S/C18H19N3O2S/c1-4-14-9-15-17(24-14)19-12(3)21(18(15)23)10-16(22)20-13-7-5-6-11(2)8-13/h5-9H,4,10H2,1-3H3,(H,20,22). The molecular formula is C18H19N3O2S. The van der Waals surface area contributed by atoms with Gasteiger partial charge in [-0.25, -0.2) is 4.98 Å². The number of benzene rings is 1. The minimum atomic E-state index is -0.238. The fraction of sp³-hybridized carbons (Fsp3) is 0.278. The van der Waals surface area contributed by atoms with Crippen LogP contribution in [0.5, 0.6) is 0 Å². The second-order valence-corrected chi connectivity index (χ2v) is 6.87. The van der Waals surface area contributed by atoms with E-state index in [1.54, 1.807) is 6.92 Å². The lowest BCUT2D eigenvalue weighted by Gasteiger charge is -2.10. The van der Waals surface area contributed by atoms with Gasteiger partial charge in [-0.15, -0.1) is 11.3 Å². The summed E-state index contributed by atoms with van der Waals surface area (Å²) in [5.41, 5.74) is 1.63. The Hall–Kier alpha value is -2.47. The van der Waals surface area contributed by atoms with E-state index in [1.165, 1.54) is 15.9 Å². The number of rotatable bonds is 4. The molecule has 3 rings (SSSR count). The highest BCUT2D eigenvalue weighted by atomic mass is 32.1. The summed E-state index contributed by atoms with van der Waals surface area (Å²) in [6.45, 7) is 5.72. The molecule has 0 atom stereocenters. The lowest BCUT2D eigenvalue weighted by atomic mass is 10.2. The number of aromatic nitrogens is 2. The molecule has 5 nitrogen and oxygen atoms in total. The van der Waals surface area contributed by atoms with Gasteiger partial charge in [0.1, 0.15) is 17.2 Å². The molecule has 3 aromatic rings. The molecule has 0 aliphatic rings. The molecule has 24 heavy (non-hydrogen) atoms. The molecule has 0 bridgehead atoms. The van der Waals surface area contributed by atoms with Crippen molar-refractivity contribution in [1.29, 1.82) is 0 Å². The van der Waals surface area contributed by atoms with E-state index in [9.17, 15) is 9.59 Å². The first-order chi connectivity index (χ1) is 11.5. The molecule has 0 saturated heterocycles. The minimum absolute atomic E-state index is 0.0428. The Bertz CT molecular complexity index is 972. The van der Waals surface area contributed by atoms with Gasteiger partial charge in [0.15, 0.2) is 0 Å². The minimum Gasteiger partial charge on any atom is -0.325 e. The highest BCUT2D eigenvalue weighted by Crippen LogP contribution is 2.22. The van der Waals surface area contributed by atoms with Crippen LogP contribution in [0.25, 0.3) is 10.2 Å². The van der Waals surface area contributed by atoms with E-state index >= 15 is 0 Å². The van der Waals surface area contributed by atoms with Gasteiger partial charge in [-0.1, -0.05) is 19.1 Å². The summed E-state index contributed by atoms with van der Waals surface area (Å²) in [6, 6.07) is 9.44. The fourth-order valence-corrected chi connectivity index (χ4v) is 3.60. The maximum absolute atomic E-state index is 12.7. The maximum atomic E-state index is 12.7. The predicted octanol–water partition coefficient (Wildman–Crippen LogP) is 3.28. The molecule has 2 heterocycles. The third-order valence-corrected chi connectivity index (χ3v) is 5.02. The number of thiophene rings is 1. The lowest BCUT2D eigenvalue weighted by molar-refractivity contribution is -0.116. The third kappa shape index (κ3) is 3.23. The largest absolute Gasteiger partial charge is 0.325 e. The summed E-state index contributed by atoms with van der Waals surface area (Å²) in [5, 5.41) is 3.41. The van der Waals surface area contributed by atoms with Crippen molar-refractivity contribution >= 4 is 33.1 Å². The third-order valence-electron chi connectivity index (χ3n) is 3.85. The average molecular weight is 341 g/mol. The summed E-state index contributed by atoms with van der Waals surface area (Å²) in [6.07, 6.45) is 0.868. The van der Waals surface area contributed by atoms with Crippen molar-refractivity contribution in [3.05, 3.63) is 57.0 Å². The average Bonchev–Trinajstić information content (AvgIpc) is 2.94. The fourth-order valence-electron chi connectivity index (χ4n) is 2.59. The van der Waals surface area contributed by atoms with Crippen molar-refractivity contribution in [3.8, 4) is 0 Å². The molecule has 0 unspecified atom stereocenters. The van der Waals surface area contributed by atoms with Gasteiger partial charge in [-0.2, -0.15) is 0 Å². The summed E-state index contributed by atoms with van der Waals surface area (Å²) >= 11 is 1.53. The molecule has 2 aromatic heterocycles. The second-order valence-electron chi connectivity index (χ2n) is 5.75. The molecule has 1 amide bonds. The zero-order chi connectivity index (χ0) is 17.3. The summed E-state index contributed by atoms with van der Waals surface area (Å²) in [7, 11) is 0. The highest BCUT2D eigenvalue weighted by molar-refractivity contribution is 7.18. The zero-order valence-corrected chi connectivity index (χ0v) is 14.7. The van der Waals surface area contributed by atoms with Crippen LogP contribution < -0.4 is 10.9 Å². The topological polar surface area (TPSA) is 64.0 Å². The molecule has 0 spiro atoms. The molecule has 0 saturated carbocycles. The van der Waals surface area contributed by atoms with E-state index in [0.717, 1.165) is 27.4 Å². The number of nitrogens with zero attached hydrogens (tertiary/aromatic N) is 2. The van der Waals surface area contributed by atoms with E-state index < -0.39 is 0 Å². The van der Waals surface area contributed by atoms with E-state index in [4.69, 9.17) is 0 Å². The molecule has 0 aliphatic heterocycles. The maximum Gasteiger partial charge on any atom is 0.262 e. The van der Waals surface area contributed by atoms with Crippen molar-refractivity contribution in [2.75, 3.05) is 5.32 Å². The Morgan fingerprint density at radius 2 is 2.08 bits per heavy atom. The molecule has 6 heteroatoms. The molecular weight excluding hydrogens is 322 g/mol. The summed E-state index contributed by atoms with van der Waals surface area (Å²) in [5.74, 6) is 0.314. The van der Waals surface area contributed by atoms with Crippen molar-refractivity contribution in [3.63, 3.8) is 0 Å². The van der Waals surface area contributed by atoms with E-state index in [1.807, 2.05) is 44.2 Å². The van der Waals surface area contributed by atoms with Gasteiger partial charge < -0.3 is 5.32 Å². The van der Waals surface area contributed by atoms with Gasteiger partial charge in [0.2, 0.25) is 5.91 Å². The Morgan fingerprint density at radius 1 is 1.29 bits per heavy atom. The van der Waals surface area contributed by atoms with Crippen LogP contribution in [0.3, 0.4) is 0 Å². The van der Waals surface area contributed by atoms with Crippen LogP contribution in [0.1, 0.15) is 23.2 Å².